The van der Waals surface area contributed by atoms with Crippen molar-refractivity contribution in [3.05, 3.63) is 45.2 Å². The zero-order chi connectivity index (χ0) is 15.4. The second kappa shape index (κ2) is 7.52. The molecule has 2 aromatic rings. The molecule has 0 aliphatic carbocycles. The Labute approximate surface area is 143 Å². The molecule has 0 amide bonds. The molecule has 0 aliphatic rings. The number of benzene rings is 1. The van der Waals surface area contributed by atoms with Crippen molar-refractivity contribution >= 4 is 39.1 Å². The number of hydrogen-bond donors (Lipinski definition) is 0. The lowest BCUT2D eigenvalue weighted by atomic mass is 10.2. The van der Waals surface area contributed by atoms with E-state index in [1.807, 2.05) is 36.7 Å². The van der Waals surface area contributed by atoms with E-state index in [1.54, 1.807) is 0 Å². The number of aryl methyl sites for hydroxylation is 2. The Bertz CT molecular complexity index is 628. The van der Waals surface area contributed by atoms with Gasteiger partial charge in [0.1, 0.15) is 12.4 Å². The van der Waals surface area contributed by atoms with Crippen LogP contribution in [0.25, 0.3) is 0 Å². The average Bonchev–Trinajstić information content (AvgIpc) is 2.80. The Balaban J connectivity index is 2.24. The average molecular weight is 392 g/mol. The van der Waals surface area contributed by atoms with Crippen molar-refractivity contribution in [2.24, 2.45) is 0 Å². The molecule has 0 unspecified atom stereocenters. The van der Waals surface area contributed by atoms with E-state index in [9.17, 15) is 0 Å². The molecule has 0 fully saturated rings. The normalized spacial score (nSPS) is 10.9. The molecule has 114 valence electrons. The summed E-state index contributed by atoms with van der Waals surface area (Å²) in [5.74, 6) is 0.761. The lowest BCUT2D eigenvalue weighted by molar-refractivity contribution is 0.290. The Kier molecular flexibility index (Phi) is 5.97. The zero-order valence-electron chi connectivity index (χ0n) is 12.0. The molecule has 1 aromatic heterocycles. The van der Waals surface area contributed by atoms with E-state index >= 15 is 0 Å². The molecule has 0 aliphatic heterocycles. The van der Waals surface area contributed by atoms with Crippen LogP contribution in [0.2, 0.25) is 10.0 Å². The van der Waals surface area contributed by atoms with E-state index in [4.69, 9.17) is 27.9 Å². The van der Waals surface area contributed by atoms with E-state index in [-0.39, 0.29) is 0 Å². The van der Waals surface area contributed by atoms with Crippen LogP contribution in [-0.2, 0) is 24.9 Å². The third-order valence-electron chi connectivity index (χ3n) is 3.27. The first-order valence-corrected chi connectivity index (χ1v) is 8.70. The van der Waals surface area contributed by atoms with Crippen LogP contribution in [-0.4, -0.2) is 9.78 Å². The van der Waals surface area contributed by atoms with E-state index in [2.05, 4.69) is 21.0 Å². The fourth-order valence-corrected chi connectivity index (χ4v) is 3.40. The predicted molar refractivity (Wildman–Crippen MR) is 90.7 cm³/mol. The van der Waals surface area contributed by atoms with Gasteiger partial charge in [0, 0.05) is 22.5 Å². The summed E-state index contributed by atoms with van der Waals surface area (Å²) in [6.45, 7) is 5.22. The standard InChI is InChI=1S/C15H17BrCl2N2O/c1-3-12-15(18)13(20(4-2)19-12)9-21-14-7-5-6-11(17)10(14)8-16/h5-7H,3-4,8-9H2,1-2H3. The van der Waals surface area contributed by atoms with E-state index in [0.29, 0.717) is 22.0 Å². The first kappa shape index (κ1) is 16.7. The summed E-state index contributed by atoms with van der Waals surface area (Å²) in [5, 5.41) is 6.52. The minimum atomic E-state index is 0.375. The van der Waals surface area contributed by atoms with Crippen LogP contribution >= 0.6 is 39.1 Å². The van der Waals surface area contributed by atoms with Gasteiger partial charge in [0.15, 0.2) is 0 Å². The maximum Gasteiger partial charge on any atom is 0.131 e. The number of ether oxygens (including phenoxy) is 1. The summed E-state index contributed by atoms with van der Waals surface area (Å²) >= 11 is 16.0. The molecule has 0 spiro atoms. The summed E-state index contributed by atoms with van der Waals surface area (Å²) in [5.41, 5.74) is 2.74. The van der Waals surface area contributed by atoms with Gasteiger partial charge in [-0.1, -0.05) is 52.1 Å². The molecule has 1 heterocycles. The molecular weight excluding hydrogens is 375 g/mol. The molecule has 0 N–H and O–H groups in total. The SMILES string of the molecule is CCc1nn(CC)c(COc2cccc(Cl)c2CBr)c1Cl. The van der Waals surface area contributed by atoms with Gasteiger partial charge in [-0.25, -0.2) is 0 Å². The molecule has 1 aromatic carbocycles. The third-order valence-corrected chi connectivity index (χ3v) is 4.62. The molecule has 0 radical (unpaired) electrons. The van der Waals surface area contributed by atoms with E-state index in [1.165, 1.54) is 0 Å². The molecule has 0 bridgehead atoms. The first-order chi connectivity index (χ1) is 10.1. The van der Waals surface area contributed by atoms with Gasteiger partial charge in [-0.2, -0.15) is 5.10 Å². The molecule has 6 heteroatoms. The van der Waals surface area contributed by atoms with Gasteiger partial charge in [0.05, 0.1) is 16.4 Å². The minimum absolute atomic E-state index is 0.375. The largest absolute Gasteiger partial charge is 0.487 e. The van der Waals surface area contributed by atoms with Crippen LogP contribution in [0.1, 0.15) is 30.8 Å². The molecule has 0 saturated heterocycles. The summed E-state index contributed by atoms with van der Waals surface area (Å²) in [6, 6.07) is 5.63. The number of aromatic nitrogens is 2. The number of hydrogen-bond acceptors (Lipinski definition) is 2. The Morgan fingerprint density at radius 2 is 2.05 bits per heavy atom. The van der Waals surface area contributed by atoms with Gasteiger partial charge < -0.3 is 4.74 Å². The smallest absolute Gasteiger partial charge is 0.131 e. The topological polar surface area (TPSA) is 27.1 Å². The highest BCUT2D eigenvalue weighted by Crippen LogP contribution is 2.30. The van der Waals surface area contributed by atoms with Gasteiger partial charge in [-0.15, -0.1) is 0 Å². The summed E-state index contributed by atoms with van der Waals surface area (Å²) < 4.78 is 7.80. The summed E-state index contributed by atoms with van der Waals surface area (Å²) in [7, 11) is 0. The highest BCUT2D eigenvalue weighted by molar-refractivity contribution is 9.08. The van der Waals surface area contributed by atoms with Crippen molar-refractivity contribution in [3.63, 3.8) is 0 Å². The monoisotopic (exact) mass is 390 g/mol. The van der Waals surface area contributed by atoms with Crippen molar-refractivity contribution in [2.45, 2.75) is 38.8 Å². The fourth-order valence-electron chi connectivity index (χ4n) is 2.11. The van der Waals surface area contributed by atoms with Gasteiger partial charge in [-0.3, -0.25) is 4.68 Å². The summed E-state index contributed by atoms with van der Waals surface area (Å²) in [4.78, 5) is 0. The van der Waals surface area contributed by atoms with Crippen molar-refractivity contribution in [1.29, 1.82) is 0 Å². The highest BCUT2D eigenvalue weighted by atomic mass is 79.9. The Morgan fingerprint density at radius 3 is 2.67 bits per heavy atom. The van der Waals surface area contributed by atoms with Crippen molar-refractivity contribution in [2.75, 3.05) is 0 Å². The Morgan fingerprint density at radius 1 is 1.29 bits per heavy atom. The quantitative estimate of drug-likeness (QED) is 0.629. The van der Waals surface area contributed by atoms with E-state index in [0.717, 1.165) is 35.7 Å². The second-order valence-electron chi connectivity index (χ2n) is 4.52. The van der Waals surface area contributed by atoms with Gasteiger partial charge >= 0.3 is 0 Å². The molecule has 0 saturated carbocycles. The van der Waals surface area contributed by atoms with Gasteiger partial charge in [0.25, 0.3) is 0 Å². The lowest BCUT2D eigenvalue weighted by Crippen LogP contribution is -2.07. The van der Waals surface area contributed by atoms with Crippen molar-refractivity contribution in [3.8, 4) is 5.75 Å². The van der Waals surface area contributed by atoms with Crippen LogP contribution in [0.5, 0.6) is 5.75 Å². The van der Waals surface area contributed by atoms with Gasteiger partial charge in [0.2, 0.25) is 0 Å². The minimum Gasteiger partial charge on any atom is -0.487 e. The summed E-state index contributed by atoms with van der Waals surface area (Å²) in [6.07, 6.45) is 0.808. The van der Waals surface area contributed by atoms with Gasteiger partial charge in [-0.05, 0) is 25.5 Å². The Hall–Kier alpha value is -0.710. The first-order valence-electron chi connectivity index (χ1n) is 6.82. The predicted octanol–water partition coefficient (Wildman–Crippen LogP) is 5.25. The van der Waals surface area contributed by atoms with E-state index < -0.39 is 0 Å². The lowest BCUT2D eigenvalue weighted by Gasteiger charge is -2.12. The molecular formula is C15H17BrCl2N2O. The fraction of sp³-hybridized carbons (Fsp3) is 0.400. The zero-order valence-corrected chi connectivity index (χ0v) is 15.1. The van der Waals surface area contributed by atoms with Crippen molar-refractivity contribution in [1.82, 2.24) is 9.78 Å². The second-order valence-corrected chi connectivity index (χ2v) is 5.86. The maximum absolute atomic E-state index is 6.38. The molecule has 3 nitrogen and oxygen atoms in total. The number of nitrogens with zero attached hydrogens (tertiary/aromatic N) is 2. The third kappa shape index (κ3) is 3.55. The van der Waals surface area contributed by atoms with Crippen LogP contribution in [0, 0.1) is 0 Å². The number of halogens is 3. The number of rotatable bonds is 6. The van der Waals surface area contributed by atoms with Crippen LogP contribution in [0.3, 0.4) is 0 Å². The molecule has 21 heavy (non-hydrogen) atoms. The molecule has 2 rings (SSSR count). The maximum atomic E-state index is 6.38. The number of alkyl halides is 1. The highest BCUT2D eigenvalue weighted by Gasteiger charge is 2.16. The van der Waals surface area contributed by atoms with Crippen LogP contribution in [0.4, 0.5) is 0 Å². The van der Waals surface area contributed by atoms with Crippen LogP contribution < -0.4 is 4.74 Å². The van der Waals surface area contributed by atoms with Crippen LogP contribution in [0.15, 0.2) is 18.2 Å². The molecule has 0 atom stereocenters. The van der Waals surface area contributed by atoms with Crippen molar-refractivity contribution < 1.29 is 4.74 Å².